The second-order valence-electron chi connectivity index (χ2n) is 7.55. The monoisotopic (exact) mass is 398 g/mol. The van der Waals surface area contributed by atoms with E-state index in [0.29, 0.717) is 6.54 Å². The molecule has 0 unspecified atom stereocenters. The summed E-state index contributed by atoms with van der Waals surface area (Å²) < 4.78 is 19.3. The van der Waals surface area contributed by atoms with Gasteiger partial charge in [0, 0.05) is 18.8 Å². The van der Waals surface area contributed by atoms with Crippen molar-refractivity contribution in [3.05, 3.63) is 69.0 Å². The van der Waals surface area contributed by atoms with E-state index in [1.54, 1.807) is 13.8 Å². The van der Waals surface area contributed by atoms with Gasteiger partial charge in [-0.25, -0.2) is 4.79 Å². The van der Waals surface area contributed by atoms with Crippen LogP contribution >= 0.6 is 0 Å². The topological polar surface area (TPSA) is 118 Å². The Kier molecular flexibility index (Phi) is 5.10. The van der Waals surface area contributed by atoms with Crippen molar-refractivity contribution in [3.63, 3.8) is 0 Å². The lowest BCUT2D eigenvalue weighted by atomic mass is 10.0. The molecule has 0 bridgehead atoms. The number of nitrogens with zero attached hydrogens (tertiary/aromatic N) is 2. The summed E-state index contributed by atoms with van der Waals surface area (Å²) in [4.78, 5) is 25.9. The van der Waals surface area contributed by atoms with Crippen LogP contribution in [0.2, 0.25) is 0 Å². The van der Waals surface area contributed by atoms with E-state index in [0.717, 1.165) is 5.56 Å². The summed E-state index contributed by atoms with van der Waals surface area (Å²) in [6.45, 7) is 4.02. The molecule has 2 aliphatic heterocycles. The van der Waals surface area contributed by atoms with Crippen LogP contribution in [0.1, 0.15) is 25.6 Å². The fourth-order valence-electron chi connectivity index (χ4n) is 3.79. The minimum absolute atomic E-state index is 0.476. The summed E-state index contributed by atoms with van der Waals surface area (Å²) >= 11 is 0. The number of hydrogen-bond acceptors (Lipinski definition) is 7. The van der Waals surface area contributed by atoms with Crippen LogP contribution < -0.4 is 16.6 Å². The molecule has 1 aromatic heterocycles. The Labute approximate surface area is 166 Å². The number of aromatic amines is 1. The van der Waals surface area contributed by atoms with Crippen LogP contribution in [-0.4, -0.2) is 39.7 Å². The summed E-state index contributed by atoms with van der Waals surface area (Å²) in [5.74, 6) is -0.888. The van der Waals surface area contributed by atoms with Gasteiger partial charge in [-0.3, -0.25) is 19.7 Å². The van der Waals surface area contributed by atoms with Crippen LogP contribution in [0, 0.1) is 11.3 Å². The maximum absolute atomic E-state index is 12.3. The van der Waals surface area contributed by atoms with Gasteiger partial charge in [-0.1, -0.05) is 30.3 Å². The van der Waals surface area contributed by atoms with Gasteiger partial charge in [0.15, 0.2) is 12.0 Å². The highest BCUT2D eigenvalue weighted by Crippen LogP contribution is 2.43. The summed E-state index contributed by atoms with van der Waals surface area (Å²) in [5.41, 5.74) is -0.0822. The van der Waals surface area contributed by atoms with E-state index in [2.05, 4.69) is 16.4 Å². The molecule has 3 heterocycles. The summed E-state index contributed by atoms with van der Waals surface area (Å²) in [6, 6.07) is 12.5. The third-order valence-corrected chi connectivity index (χ3v) is 5.03. The van der Waals surface area contributed by atoms with Gasteiger partial charge in [-0.2, -0.15) is 5.26 Å². The Morgan fingerprint density at radius 3 is 2.62 bits per heavy atom. The highest BCUT2D eigenvalue weighted by atomic mass is 16.8. The Morgan fingerprint density at radius 1 is 1.21 bits per heavy atom. The molecule has 0 spiro atoms. The van der Waals surface area contributed by atoms with Crippen LogP contribution in [0.15, 0.2) is 52.2 Å². The Morgan fingerprint density at radius 2 is 1.93 bits per heavy atom. The minimum Gasteiger partial charge on any atom is -0.346 e. The van der Waals surface area contributed by atoms with Crippen LogP contribution in [0.3, 0.4) is 0 Å². The number of hydrogen-bond donors (Lipinski definition) is 2. The molecule has 0 aliphatic carbocycles. The normalized spacial score (nSPS) is 28.6. The van der Waals surface area contributed by atoms with Crippen LogP contribution in [0.5, 0.6) is 0 Å². The molecule has 0 amide bonds. The molecule has 1 aromatic carbocycles. The maximum atomic E-state index is 12.3. The molecular weight excluding hydrogens is 376 g/mol. The SMILES string of the molecule is CC1(C)O[C@H]2[C@@H](O1)[C@H](n1ccc(=O)[nH]c1=O)O[C@@H]2[C@@H](C#N)NCc1ccccc1. The number of benzene rings is 1. The Balaban J connectivity index is 1.60. The molecule has 152 valence electrons. The highest BCUT2D eigenvalue weighted by Gasteiger charge is 2.58. The Hall–Kier alpha value is -2.77. The van der Waals surface area contributed by atoms with Crippen LogP contribution in [-0.2, 0) is 20.8 Å². The fourth-order valence-corrected chi connectivity index (χ4v) is 3.79. The molecule has 0 radical (unpaired) electrons. The van der Waals surface area contributed by atoms with Crippen molar-refractivity contribution in [1.29, 1.82) is 5.26 Å². The average molecular weight is 398 g/mol. The number of rotatable bonds is 5. The largest absolute Gasteiger partial charge is 0.346 e. The fraction of sp³-hybridized carbons (Fsp3) is 0.450. The van der Waals surface area contributed by atoms with Crippen LogP contribution in [0.25, 0.3) is 0 Å². The van der Waals surface area contributed by atoms with Crippen molar-refractivity contribution in [3.8, 4) is 6.07 Å². The van der Waals surface area contributed by atoms with Gasteiger partial charge in [0.2, 0.25) is 0 Å². The van der Waals surface area contributed by atoms with E-state index in [1.807, 2.05) is 30.3 Å². The summed E-state index contributed by atoms with van der Waals surface area (Å²) in [7, 11) is 0. The molecule has 0 saturated carbocycles. The van der Waals surface area contributed by atoms with Crippen molar-refractivity contribution < 1.29 is 14.2 Å². The van der Waals surface area contributed by atoms with E-state index in [-0.39, 0.29) is 0 Å². The number of nitrogens with one attached hydrogen (secondary N) is 2. The van der Waals surface area contributed by atoms with Crippen molar-refractivity contribution in [2.75, 3.05) is 0 Å². The van der Waals surface area contributed by atoms with Gasteiger partial charge in [-0.05, 0) is 19.4 Å². The van der Waals surface area contributed by atoms with Crippen molar-refractivity contribution >= 4 is 0 Å². The lowest BCUT2D eigenvalue weighted by molar-refractivity contribution is -0.198. The zero-order valence-corrected chi connectivity index (χ0v) is 16.1. The first-order valence-electron chi connectivity index (χ1n) is 9.37. The van der Waals surface area contributed by atoms with Crippen molar-refractivity contribution in [2.45, 2.75) is 56.8 Å². The first-order valence-corrected chi connectivity index (χ1v) is 9.37. The lowest BCUT2D eigenvalue weighted by Crippen LogP contribution is -2.45. The van der Waals surface area contributed by atoms with Gasteiger partial charge in [-0.15, -0.1) is 0 Å². The summed E-state index contributed by atoms with van der Waals surface area (Å²) in [5, 5.41) is 13.0. The number of ether oxygens (including phenoxy) is 3. The van der Waals surface area contributed by atoms with Gasteiger partial charge in [0.1, 0.15) is 24.4 Å². The highest BCUT2D eigenvalue weighted by molar-refractivity contribution is 5.16. The van der Waals surface area contributed by atoms with E-state index >= 15 is 0 Å². The van der Waals surface area contributed by atoms with E-state index in [4.69, 9.17) is 14.2 Å². The molecule has 2 aromatic rings. The van der Waals surface area contributed by atoms with E-state index < -0.39 is 47.6 Å². The zero-order valence-electron chi connectivity index (χ0n) is 16.1. The average Bonchev–Trinajstić information content (AvgIpc) is 3.17. The molecule has 2 N–H and O–H groups in total. The molecule has 5 atom stereocenters. The lowest BCUT2D eigenvalue weighted by Gasteiger charge is -2.27. The van der Waals surface area contributed by atoms with E-state index in [9.17, 15) is 14.9 Å². The van der Waals surface area contributed by atoms with Gasteiger partial charge < -0.3 is 14.2 Å². The third kappa shape index (κ3) is 3.88. The number of aromatic nitrogens is 2. The third-order valence-electron chi connectivity index (χ3n) is 5.03. The predicted molar refractivity (Wildman–Crippen MR) is 102 cm³/mol. The molecule has 4 rings (SSSR count). The van der Waals surface area contributed by atoms with Gasteiger partial charge in [0.05, 0.1) is 6.07 Å². The molecule has 9 heteroatoms. The summed E-state index contributed by atoms with van der Waals surface area (Å²) in [6.07, 6.45) is -1.29. The zero-order chi connectivity index (χ0) is 20.6. The molecule has 2 saturated heterocycles. The molecule has 2 fully saturated rings. The smallest absolute Gasteiger partial charge is 0.330 e. The van der Waals surface area contributed by atoms with Gasteiger partial charge in [0.25, 0.3) is 5.56 Å². The first kappa shape index (κ1) is 19.5. The molecular formula is C20H22N4O5. The predicted octanol–water partition coefficient (Wildman–Crippen LogP) is 0.636. The Bertz CT molecular complexity index is 1030. The molecule has 2 aliphatic rings. The van der Waals surface area contributed by atoms with Gasteiger partial charge >= 0.3 is 5.69 Å². The first-order chi connectivity index (χ1) is 13.9. The minimum atomic E-state index is -0.888. The number of H-pyrrole nitrogens is 1. The molecule has 9 nitrogen and oxygen atoms in total. The number of nitriles is 1. The maximum Gasteiger partial charge on any atom is 0.330 e. The standard InChI is InChI=1S/C20H22N4O5/c1-20(2)28-16-15(13(10-21)22-11-12-6-4-3-5-7-12)27-18(17(16)29-20)24-9-8-14(25)23-19(24)26/h3-9,13,15-18,22H,11H2,1-2H3,(H,23,25,26)/t13-,15-,16-,17-,18-/m1/s1. The van der Waals surface area contributed by atoms with E-state index in [1.165, 1.54) is 16.8 Å². The molecule has 29 heavy (non-hydrogen) atoms. The number of fused-ring (bicyclic) bond motifs is 1. The van der Waals surface area contributed by atoms with Crippen molar-refractivity contribution in [2.24, 2.45) is 0 Å². The quantitative estimate of drug-likeness (QED) is 0.759. The van der Waals surface area contributed by atoms with Crippen molar-refractivity contribution in [1.82, 2.24) is 14.9 Å². The van der Waals surface area contributed by atoms with Crippen LogP contribution in [0.4, 0.5) is 0 Å². The second kappa shape index (κ2) is 7.57. The second-order valence-corrected chi connectivity index (χ2v) is 7.55.